The minimum absolute atomic E-state index is 0.117. The fourth-order valence-corrected chi connectivity index (χ4v) is 4.31. The average molecular weight is 413 g/mol. The number of carbonyl (C=O) groups is 1. The molecule has 0 aliphatic carbocycles. The summed E-state index contributed by atoms with van der Waals surface area (Å²) in [6.07, 6.45) is -0.683. The largest absolute Gasteiger partial charge is 0.485 e. The van der Waals surface area contributed by atoms with Crippen molar-refractivity contribution in [1.29, 1.82) is 0 Å². The minimum Gasteiger partial charge on any atom is -0.485 e. The molecule has 0 saturated heterocycles. The predicted molar refractivity (Wildman–Crippen MR) is 115 cm³/mol. The smallest absolute Gasteiger partial charge is 0.273 e. The summed E-state index contributed by atoms with van der Waals surface area (Å²) in [5.74, 6) is 1.16. The van der Waals surface area contributed by atoms with E-state index in [1.807, 2.05) is 24.3 Å². The summed E-state index contributed by atoms with van der Waals surface area (Å²) < 4.78 is 12.8. The molecule has 4 rings (SSSR count). The number of nitrogens with zero attached hydrogens (tertiary/aromatic N) is 2. The molecule has 2 aromatic carbocycles. The third-order valence-electron chi connectivity index (χ3n) is 5.11. The van der Waals surface area contributed by atoms with E-state index in [0.29, 0.717) is 23.2 Å². The molecule has 1 amide bonds. The van der Waals surface area contributed by atoms with Crippen molar-refractivity contribution in [3.8, 4) is 11.5 Å². The zero-order valence-electron chi connectivity index (χ0n) is 17.2. The number of hydrogen-bond donors (Lipinski definition) is 1. The van der Waals surface area contributed by atoms with E-state index in [1.165, 1.54) is 16.0 Å². The first-order valence-electron chi connectivity index (χ1n) is 9.79. The topological polar surface area (TPSA) is 56.1 Å². The number of para-hydroxylation sites is 2. The molecule has 2 heterocycles. The third kappa shape index (κ3) is 4.06. The fourth-order valence-electron chi connectivity index (χ4n) is 3.23. The predicted octanol–water partition coefficient (Wildman–Crippen LogP) is 2.23. The molecule has 6 nitrogen and oxygen atoms in total. The van der Waals surface area contributed by atoms with Gasteiger partial charge in [0.1, 0.15) is 6.61 Å². The van der Waals surface area contributed by atoms with Crippen LogP contribution in [-0.4, -0.2) is 50.8 Å². The summed E-state index contributed by atoms with van der Waals surface area (Å²) in [6.45, 7) is 5.75. The normalized spacial score (nSPS) is 15.7. The Morgan fingerprint density at radius 3 is 2.69 bits per heavy atom. The van der Waals surface area contributed by atoms with Crippen LogP contribution in [0.3, 0.4) is 0 Å². The number of fused-ring (bicyclic) bond motifs is 2. The molecule has 0 radical (unpaired) electrons. The van der Waals surface area contributed by atoms with Gasteiger partial charge in [-0.15, -0.1) is 0 Å². The van der Waals surface area contributed by atoms with E-state index in [4.69, 9.17) is 14.5 Å². The van der Waals surface area contributed by atoms with Crippen molar-refractivity contribution in [2.24, 2.45) is 0 Å². The molecule has 0 spiro atoms. The van der Waals surface area contributed by atoms with Crippen LogP contribution in [0.15, 0.2) is 36.4 Å². The first-order valence-corrected chi connectivity index (χ1v) is 10.6. The van der Waals surface area contributed by atoms with Gasteiger partial charge in [0.25, 0.3) is 5.91 Å². The monoisotopic (exact) mass is 412 g/mol. The fraction of sp³-hybridized carbons (Fsp3) is 0.364. The van der Waals surface area contributed by atoms with Gasteiger partial charge in [0, 0.05) is 0 Å². The molecule has 1 atom stereocenters. The van der Waals surface area contributed by atoms with E-state index < -0.39 is 6.10 Å². The van der Waals surface area contributed by atoms with Crippen molar-refractivity contribution < 1.29 is 19.2 Å². The summed E-state index contributed by atoms with van der Waals surface area (Å²) in [4.78, 5) is 21.2. The zero-order valence-corrected chi connectivity index (χ0v) is 18.0. The van der Waals surface area contributed by atoms with E-state index in [0.717, 1.165) is 16.8 Å². The highest BCUT2D eigenvalue weighted by Gasteiger charge is 2.33. The van der Waals surface area contributed by atoms with Gasteiger partial charge in [0.05, 0.1) is 37.4 Å². The summed E-state index contributed by atoms with van der Waals surface area (Å²) in [6, 6.07) is 11.7. The molecule has 1 aromatic heterocycles. The zero-order chi connectivity index (χ0) is 20.5. The third-order valence-corrected chi connectivity index (χ3v) is 6.15. The van der Waals surface area contributed by atoms with Gasteiger partial charge < -0.3 is 14.4 Å². The Labute approximate surface area is 174 Å². The number of nitrogens with one attached hydrogen (secondary N) is 1. The van der Waals surface area contributed by atoms with Gasteiger partial charge in [0.15, 0.2) is 16.6 Å². The molecule has 0 bridgehead atoms. The number of thiazole rings is 1. The quantitative estimate of drug-likeness (QED) is 0.698. The van der Waals surface area contributed by atoms with E-state index in [1.54, 1.807) is 16.2 Å². The van der Waals surface area contributed by atoms with Crippen molar-refractivity contribution in [3.63, 3.8) is 0 Å². The second kappa shape index (κ2) is 8.00. The van der Waals surface area contributed by atoms with Gasteiger partial charge in [-0.2, -0.15) is 0 Å². The molecule has 152 valence electrons. The minimum atomic E-state index is -0.683. The number of benzene rings is 2. The summed E-state index contributed by atoms with van der Waals surface area (Å²) >= 11 is 1.55. The molecule has 1 aliphatic rings. The molecule has 0 saturated carbocycles. The second-order valence-corrected chi connectivity index (χ2v) is 8.72. The average Bonchev–Trinajstić information content (AvgIpc) is 3.10. The Bertz CT molecular complexity index is 1010. The van der Waals surface area contributed by atoms with Crippen LogP contribution in [0.4, 0.5) is 5.13 Å². The van der Waals surface area contributed by atoms with Crippen LogP contribution in [-0.2, 0) is 4.79 Å². The van der Waals surface area contributed by atoms with Crippen molar-refractivity contribution in [1.82, 2.24) is 4.98 Å². The lowest BCUT2D eigenvalue weighted by atomic mass is 10.1. The molecule has 3 aromatic rings. The standard InChI is InChI=1S/C22H25N3O3S/c1-14-11-16-20(12-15(14)2)29-22(23-16)25(10-9-24(3)4)21(26)19-13-27-17-7-5-6-8-18(17)28-19/h5-8,11-12,19H,9-10,13H2,1-4H3/p+1/t19-/m1/s1. The van der Waals surface area contributed by atoms with Crippen LogP contribution in [0, 0.1) is 13.8 Å². The Balaban J connectivity index is 1.64. The van der Waals surface area contributed by atoms with Crippen LogP contribution in [0.2, 0.25) is 0 Å². The molecule has 29 heavy (non-hydrogen) atoms. The van der Waals surface area contributed by atoms with Gasteiger partial charge in [-0.1, -0.05) is 23.5 Å². The van der Waals surface area contributed by atoms with Crippen LogP contribution < -0.4 is 19.3 Å². The van der Waals surface area contributed by atoms with Gasteiger partial charge in [-0.05, 0) is 49.2 Å². The highest BCUT2D eigenvalue weighted by Crippen LogP contribution is 2.34. The highest BCUT2D eigenvalue weighted by molar-refractivity contribution is 7.22. The number of ether oxygens (including phenoxy) is 2. The number of quaternary nitrogens is 1. The maximum Gasteiger partial charge on any atom is 0.273 e. The lowest BCUT2D eigenvalue weighted by Crippen LogP contribution is -3.06. The van der Waals surface area contributed by atoms with Crippen molar-refractivity contribution in [2.75, 3.05) is 38.7 Å². The number of hydrogen-bond acceptors (Lipinski definition) is 5. The summed E-state index contributed by atoms with van der Waals surface area (Å²) in [5, 5.41) is 0.707. The number of likely N-dealkylation sites (N-methyl/N-ethyl adjacent to an activating group) is 1. The van der Waals surface area contributed by atoms with Crippen LogP contribution in [0.25, 0.3) is 10.2 Å². The highest BCUT2D eigenvalue weighted by atomic mass is 32.1. The SMILES string of the molecule is Cc1cc2nc(N(CC[NH+](C)C)C(=O)[C@H]3COc4ccccc4O3)sc2cc1C. The summed E-state index contributed by atoms with van der Waals surface area (Å²) in [7, 11) is 4.15. The van der Waals surface area contributed by atoms with Crippen LogP contribution in [0.5, 0.6) is 11.5 Å². The Hall–Kier alpha value is -2.64. The molecule has 1 N–H and O–H groups in total. The van der Waals surface area contributed by atoms with Crippen LogP contribution >= 0.6 is 11.3 Å². The molecule has 0 fully saturated rings. The maximum absolute atomic E-state index is 13.4. The molecule has 0 unspecified atom stereocenters. The number of aromatic nitrogens is 1. The van der Waals surface area contributed by atoms with Crippen molar-refractivity contribution in [2.45, 2.75) is 20.0 Å². The molecule has 1 aliphatic heterocycles. The number of carbonyl (C=O) groups excluding carboxylic acids is 1. The molecular weight excluding hydrogens is 386 g/mol. The Morgan fingerprint density at radius 1 is 1.21 bits per heavy atom. The Kier molecular flexibility index (Phi) is 5.43. The maximum atomic E-state index is 13.4. The number of anilines is 1. The van der Waals surface area contributed by atoms with E-state index in [-0.39, 0.29) is 12.5 Å². The second-order valence-electron chi connectivity index (χ2n) is 7.71. The number of aryl methyl sites for hydroxylation is 2. The molecule has 7 heteroatoms. The lowest BCUT2D eigenvalue weighted by Gasteiger charge is -2.29. The van der Waals surface area contributed by atoms with Gasteiger partial charge in [0.2, 0.25) is 6.10 Å². The van der Waals surface area contributed by atoms with E-state index in [2.05, 4.69) is 40.1 Å². The van der Waals surface area contributed by atoms with Gasteiger partial charge in [-0.25, -0.2) is 4.98 Å². The number of rotatable bonds is 5. The van der Waals surface area contributed by atoms with Gasteiger partial charge >= 0.3 is 0 Å². The first kappa shape index (κ1) is 19.7. The lowest BCUT2D eigenvalue weighted by molar-refractivity contribution is -0.856. The van der Waals surface area contributed by atoms with Gasteiger partial charge in [-0.3, -0.25) is 9.69 Å². The van der Waals surface area contributed by atoms with E-state index in [9.17, 15) is 4.79 Å². The summed E-state index contributed by atoms with van der Waals surface area (Å²) in [5.41, 5.74) is 3.35. The first-order chi connectivity index (χ1) is 13.9. The molecular formula is C22H26N3O3S+. The Morgan fingerprint density at radius 2 is 1.93 bits per heavy atom. The van der Waals surface area contributed by atoms with E-state index >= 15 is 0 Å². The number of amides is 1. The van der Waals surface area contributed by atoms with Crippen molar-refractivity contribution in [3.05, 3.63) is 47.5 Å². The van der Waals surface area contributed by atoms with Crippen LogP contribution in [0.1, 0.15) is 11.1 Å². The van der Waals surface area contributed by atoms with Crippen molar-refractivity contribution >= 4 is 32.6 Å².